The van der Waals surface area contributed by atoms with Crippen LogP contribution in [0, 0.1) is 24.0 Å². The van der Waals surface area contributed by atoms with Crippen molar-refractivity contribution in [3.8, 4) is 22.3 Å². The maximum atomic E-state index is 5.39. The molecular formula is C58H44N4. The SMILES string of the molecule is c1ccc(C2NC(C3C=CC=C(n4c5cc(-c6ccccc6)ccc5c5c6c(ccc54)C(c4ccccc4)(C4C=CC=CC4)c4ccccc4-6)C3)=NC(c3ccccc3)N2)cc#1. The molecule has 1 aromatic heterocycles. The van der Waals surface area contributed by atoms with Crippen LogP contribution in [0.25, 0.3) is 49.8 Å². The highest BCUT2D eigenvalue weighted by Crippen LogP contribution is 2.60. The fourth-order valence-electron chi connectivity index (χ4n) is 10.9. The second-order valence-electron chi connectivity index (χ2n) is 16.9. The van der Waals surface area contributed by atoms with E-state index in [1.54, 1.807) is 0 Å². The zero-order valence-corrected chi connectivity index (χ0v) is 34.2. The molecule has 2 N–H and O–H groups in total. The summed E-state index contributed by atoms with van der Waals surface area (Å²) in [4.78, 5) is 5.39. The fraction of sp³-hybridized carbons (Fsp3) is 0.121. The van der Waals surface area contributed by atoms with Crippen LogP contribution in [0.2, 0.25) is 0 Å². The van der Waals surface area contributed by atoms with Crippen molar-refractivity contribution >= 4 is 33.3 Å². The van der Waals surface area contributed by atoms with Gasteiger partial charge in [0.25, 0.3) is 0 Å². The van der Waals surface area contributed by atoms with Gasteiger partial charge in [-0.3, -0.25) is 5.32 Å². The zero-order chi connectivity index (χ0) is 41.0. The number of aliphatic imine (C=N–C) groups is 1. The highest BCUT2D eigenvalue weighted by atomic mass is 15.3. The molecule has 7 aromatic carbocycles. The number of nitrogens with zero attached hydrogens (tertiary/aromatic N) is 2. The maximum Gasteiger partial charge on any atom is 0.129 e. The Bertz CT molecular complexity index is 3140. The third-order valence-corrected chi connectivity index (χ3v) is 13.6. The smallest absolute Gasteiger partial charge is 0.129 e. The molecular weight excluding hydrogens is 753 g/mol. The van der Waals surface area contributed by atoms with Crippen molar-refractivity contribution < 1.29 is 0 Å². The Labute approximate surface area is 363 Å². The molecule has 4 aliphatic rings. The Morgan fingerprint density at radius 1 is 0.661 bits per heavy atom. The number of allylic oxidation sites excluding steroid dienone is 7. The number of fused-ring (bicyclic) bond motifs is 7. The van der Waals surface area contributed by atoms with Crippen LogP contribution in [-0.4, -0.2) is 10.4 Å². The average Bonchev–Trinajstić information content (AvgIpc) is 3.85. The van der Waals surface area contributed by atoms with Gasteiger partial charge in [-0.25, -0.2) is 4.99 Å². The van der Waals surface area contributed by atoms with Crippen molar-refractivity contribution in [2.24, 2.45) is 16.8 Å². The summed E-state index contributed by atoms with van der Waals surface area (Å²) in [5.41, 5.74) is 14.7. The minimum Gasteiger partial charge on any atom is -0.354 e. The molecule has 0 bridgehead atoms. The molecule has 8 aromatic rings. The van der Waals surface area contributed by atoms with Gasteiger partial charge in [0, 0.05) is 28.8 Å². The molecule has 2 heterocycles. The van der Waals surface area contributed by atoms with E-state index in [1.807, 2.05) is 12.1 Å². The summed E-state index contributed by atoms with van der Waals surface area (Å²) in [7, 11) is 0. The van der Waals surface area contributed by atoms with E-state index in [9.17, 15) is 0 Å². The summed E-state index contributed by atoms with van der Waals surface area (Å²) in [5, 5.41) is 10.1. The van der Waals surface area contributed by atoms with Gasteiger partial charge in [0.15, 0.2) is 0 Å². The van der Waals surface area contributed by atoms with Gasteiger partial charge in [-0.2, -0.15) is 0 Å². The molecule has 5 atom stereocenters. The third-order valence-electron chi connectivity index (χ3n) is 13.6. The van der Waals surface area contributed by atoms with Crippen LogP contribution >= 0.6 is 0 Å². The number of amidine groups is 1. The van der Waals surface area contributed by atoms with Gasteiger partial charge in [0.05, 0.1) is 16.4 Å². The topological polar surface area (TPSA) is 41.4 Å². The zero-order valence-electron chi connectivity index (χ0n) is 34.2. The predicted octanol–water partition coefficient (Wildman–Crippen LogP) is 12.9. The van der Waals surface area contributed by atoms with Crippen LogP contribution in [0.3, 0.4) is 0 Å². The first kappa shape index (κ1) is 36.4. The minimum absolute atomic E-state index is 0.0295. The molecule has 0 amide bonds. The molecule has 0 saturated heterocycles. The van der Waals surface area contributed by atoms with Crippen LogP contribution in [0.5, 0.6) is 0 Å². The molecule has 4 heteroatoms. The Balaban J connectivity index is 1.06. The van der Waals surface area contributed by atoms with E-state index >= 15 is 0 Å². The van der Waals surface area contributed by atoms with Gasteiger partial charge < -0.3 is 9.88 Å². The van der Waals surface area contributed by atoms with Crippen LogP contribution in [0.4, 0.5) is 0 Å². The molecule has 0 spiro atoms. The predicted molar refractivity (Wildman–Crippen MR) is 254 cm³/mol. The van der Waals surface area contributed by atoms with Crippen molar-refractivity contribution in [1.82, 2.24) is 15.2 Å². The van der Waals surface area contributed by atoms with E-state index in [0.717, 1.165) is 29.8 Å². The van der Waals surface area contributed by atoms with Crippen molar-refractivity contribution in [1.29, 1.82) is 0 Å². The number of aromatic nitrogens is 1. The van der Waals surface area contributed by atoms with E-state index in [1.165, 1.54) is 66.4 Å². The molecule has 3 aliphatic carbocycles. The molecule has 0 fully saturated rings. The second-order valence-corrected chi connectivity index (χ2v) is 16.9. The number of nitrogens with one attached hydrogen (secondary N) is 2. The number of benzene rings is 6. The number of hydrogen-bond acceptors (Lipinski definition) is 3. The summed E-state index contributed by atoms with van der Waals surface area (Å²) in [6.07, 6.45) is 17.5. The lowest BCUT2D eigenvalue weighted by Crippen LogP contribution is -2.47. The van der Waals surface area contributed by atoms with Gasteiger partial charge >= 0.3 is 0 Å². The first-order valence-corrected chi connectivity index (χ1v) is 21.8. The fourth-order valence-corrected chi connectivity index (χ4v) is 10.9. The van der Waals surface area contributed by atoms with Crippen LogP contribution in [0.1, 0.15) is 53.0 Å². The minimum atomic E-state index is -0.349. The Hall–Kier alpha value is -7.45. The molecule has 62 heavy (non-hydrogen) atoms. The van der Waals surface area contributed by atoms with Gasteiger partial charge in [-0.05, 0) is 98.8 Å². The van der Waals surface area contributed by atoms with Crippen LogP contribution in [-0.2, 0) is 5.41 Å². The molecule has 1 aliphatic heterocycles. The first-order valence-electron chi connectivity index (χ1n) is 21.8. The van der Waals surface area contributed by atoms with E-state index in [-0.39, 0.29) is 29.6 Å². The summed E-state index contributed by atoms with van der Waals surface area (Å²) in [6, 6.07) is 66.0. The lowest BCUT2D eigenvalue weighted by atomic mass is 9.62. The monoisotopic (exact) mass is 796 g/mol. The van der Waals surface area contributed by atoms with E-state index in [4.69, 9.17) is 4.99 Å². The molecule has 12 rings (SSSR count). The molecule has 296 valence electrons. The van der Waals surface area contributed by atoms with Crippen molar-refractivity contribution in [3.05, 3.63) is 246 Å². The van der Waals surface area contributed by atoms with E-state index < -0.39 is 0 Å². The summed E-state index contributed by atoms with van der Waals surface area (Å²) in [5.74, 6) is 1.26. The lowest BCUT2D eigenvalue weighted by molar-refractivity contribution is 0.399. The Morgan fingerprint density at radius 3 is 2.27 bits per heavy atom. The number of rotatable bonds is 7. The van der Waals surface area contributed by atoms with Crippen LogP contribution < -0.4 is 10.6 Å². The molecule has 0 saturated carbocycles. The number of hydrogen-bond donors (Lipinski definition) is 2. The first-order chi connectivity index (χ1) is 30.8. The quantitative estimate of drug-likeness (QED) is 0.169. The maximum absolute atomic E-state index is 5.39. The van der Waals surface area contributed by atoms with Crippen molar-refractivity contribution in [2.45, 2.75) is 30.6 Å². The largest absolute Gasteiger partial charge is 0.354 e. The molecule has 0 radical (unpaired) electrons. The van der Waals surface area contributed by atoms with Crippen LogP contribution in [0.15, 0.2) is 211 Å². The normalized spacial score (nSPS) is 22.4. The van der Waals surface area contributed by atoms with Crippen molar-refractivity contribution in [2.75, 3.05) is 0 Å². The molecule has 5 unspecified atom stereocenters. The Morgan fingerprint density at radius 2 is 1.47 bits per heavy atom. The third kappa shape index (κ3) is 5.77. The lowest BCUT2D eigenvalue weighted by Gasteiger charge is -2.39. The van der Waals surface area contributed by atoms with Gasteiger partial charge in [0.1, 0.15) is 18.2 Å². The van der Waals surface area contributed by atoms with Gasteiger partial charge in [-0.15, -0.1) is 0 Å². The summed E-state index contributed by atoms with van der Waals surface area (Å²) in [6.45, 7) is 0. The molecule has 4 nitrogen and oxygen atoms in total. The average molecular weight is 797 g/mol. The highest BCUT2D eigenvalue weighted by Gasteiger charge is 2.50. The van der Waals surface area contributed by atoms with Gasteiger partial charge in [0.2, 0.25) is 0 Å². The van der Waals surface area contributed by atoms with E-state index in [0.29, 0.717) is 0 Å². The van der Waals surface area contributed by atoms with Gasteiger partial charge in [-0.1, -0.05) is 182 Å². The summed E-state index contributed by atoms with van der Waals surface area (Å²) >= 11 is 0. The van der Waals surface area contributed by atoms with Crippen molar-refractivity contribution in [3.63, 3.8) is 0 Å². The summed E-state index contributed by atoms with van der Waals surface area (Å²) < 4.78 is 2.55. The van der Waals surface area contributed by atoms with E-state index in [2.05, 4.69) is 222 Å². The Kier molecular flexibility index (Phi) is 8.76. The standard InChI is InChI=1S/C58H44N4/c1-6-19-39(20-7-1)42-33-34-48-52(38-42)62(46-30-18-25-43(37-46)57-60-55(40-21-8-2-9-22-40)59-56(61-57)41-23-10-3-11-24-41)51-36-35-50-53(54(48)51)47-31-16-17-32-49(47)58(50,44-26-12-4-13-27-44)45-28-14-5-15-29-45/h1-2,4-10,12-28,30-36,38,43,45,55-56,59H,29,37H2,(H,60,61). The highest BCUT2D eigenvalue weighted by molar-refractivity contribution is 6.19. The second kappa shape index (κ2) is 14.9.